The molecule has 0 unspecified atom stereocenters. The topological polar surface area (TPSA) is 109 Å². The Morgan fingerprint density at radius 2 is 1.93 bits per heavy atom. The summed E-state index contributed by atoms with van der Waals surface area (Å²) < 4.78 is 6.60. The fraction of sp³-hybridized carbons (Fsp3) is 0. The Labute approximate surface area is 178 Å². The van der Waals surface area contributed by atoms with Crippen molar-refractivity contribution in [2.45, 2.75) is 0 Å². The van der Waals surface area contributed by atoms with Crippen LogP contribution in [-0.2, 0) is 4.79 Å². The molecule has 0 fully saturated rings. The molecule has 0 saturated heterocycles. The number of carbonyl (C=O) groups is 1. The zero-order valence-electron chi connectivity index (χ0n) is 14.6. The molecule has 0 bridgehead atoms. The molecule has 1 N–H and O–H groups in total. The first-order valence-corrected chi connectivity index (χ1v) is 9.27. The third kappa shape index (κ3) is 4.90. The average molecular weight is 473 g/mol. The first-order valence-electron chi connectivity index (χ1n) is 8.10. The van der Waals surface area contributed by atoms with Crippen molar-refractivity contribution < 1.29 is 14.1 Å². The molecule has 0 spiro atoms. The summed E-state index contributed by atoms with van der Waals surface area (Å²) in [6, 6.07) is 16.4. The highest BCUT2D eigenvalue weighted by Gasteiger charge is 2.19. The summed E-state index contributed by atoms with van der Waals surface area (Å²) in [7, 11) is 0. The number of furan rings is 1. The number of carbonyl (C=O) groups excluding carboxylic acids is 1. The van der Waals surface area contributed by atoms with Crippen LogP contribution in [0.4, 0.5) is 11.4 Å². The molecule has 1 amide bonds. The van der Waals surface area contributed by atoms with Gasteiger partial charge in [-0.25, -0.2) is 0 Å². The number of benzene rings is 2. The normalized spacial score (nSPS) is 11.0. The van der Waals surface area contributed by atoms with Crippen LogP contribution in [-0.4, -0.2) is 10.8 Å². The van der Waals surface area contributed by atoms with Crippen molar-refractivity contribution in [1.29, 1.82) is 5.26 Å². The van der Waals surface area contributed by atoms with E-state index >= 15 is 0 Å². The smallest absolute Gasteiger partial charge is 0.294 e. The Bertz CT molecular complexity index is 1160. The predicted molar refractivity (Wildman–Crippen MR) is 112 cm³/mol. The second-order valence-electron chi connectivity index (χ2n) is 5.75. The SMILES string of the molecule is N#CC(=Cc1ccc(-c2ccc(Br)cc2)o1)C(=O)Nc1ccc(Cl)cc1[N+](=O)[O-]. The van der Waals surface area contributed by atoms with Gasteiger partial charge in [-0.1, -0.05) is 39.7 Å². The first kappa shape index (κ1) is 20.3. The van der Waals surface area contributed by atoms with Gasteiger partial charge in [0.05, 0.1) is 4.92 Å². The number of amides is 1. The van der Waals surface area contributed by atoms with E-state index in [4.69, 9.17) is 16.0 Å². The molecular weight excluding hydrogens is 462 g/mol. The van der Waals surface area contributed by atoms with Crippen LogP contribution < -0.4 is 5.32 Å². The van der Waals surface area contributed by atoms with E-state index in [-0.39, 0.29) is 22.0 Å². The maximum atomic E-state index is 12.4. The van der Waals surface area contributed by atoms with Gasteiger partial charge in [-0.15, -0.1) is 0 Å². The van der Waals surface area contributed by atoms with Crippen molar-refractivity contribution in [3.63, 3.8) is 0 Å². The summed E-state index contributed by atoms with van der Waals surface area (Å²) in [6.07, 6.45) is 1.26. The molecule has 2 aromatic carbocycles. The van der Waals surface area contributed by atoms with Crippen LogP contribution in [0.3, 0.4) is 0 Å². The van der Waals surface area contributed by atoms with Crippen LogP contribution >= 0.6 is 27.5 Å². The predicted octanol–water partition coefficient (Wildman–Crippen LogP) is 5.82. The number of hydrogen-bond acceptors (Lipinski definition) is 5. The molecule has 1 heterocycles. The van der Waals surface area contributed by atoms with Gasteiger partial charge in [-0.3, -0.25) is 14.9 Å². The monoisotopic (exact) mass is 471 g/mol. The van der Waals surface area contributed by atoms with Crippen LogP contribution in [0.15, 0.2) is 69.1 Å². The Morgan fingerprint density at radius 3 is 2.59 bits per heavy atom. The molecule has 0 atom stereocenters. The Balaban J connectivity index is 1.84. The third-order valence-electron chi connectivity index (χ3n) is 3.81. The quantitative estimate of drug-likeness (QED) is 0.218. The minimum Gasteiger partial charge on any atom is -0.457 e. The number of nitrogens with one attached hydrogen (secondary N) is 1. The van der Waals surface area contributed by atoms with Crippen molar-refractivity contribution in [3.05, 3.63) is 85.5 Å². The maximum absolute atomic E-state index is 12.4. The van der Waals surface area contributed by atoms with E-state index in [0.717, 1.165) is 16.1 Å². The highest BCUT2D eigenvalue weighted by atomic mass is 79.9. The van der Waals surface area contributed by atoms with Crippen LogP contribution in [0.1, 0.15) is 5.76 Å². The number of nitro benzene ring substituents is 1. The van der Waals surface area contributed by atoms with Gasteiger partial charge >= 0.3 is 0 Å². The maximum Gasteiger partial charge on any atom is 0.294 e. The van der Waals surface area contributed by atoms with Crippen LogP contribution in [0.25, 0.3) is 17.4 Å². The summed E-state index contributed by atoms with van der Waals surface area (Å²) in [6.45, 7) is 0. The Morgan fingerprint density at radius 1 is 1.21 bits per heavy atom. The van der Waals surface area contributed by atoms with E-state index < -0.39 is 10.8 Å². The highest BCUT2D eigenvalue weighted by molar-refractivity contribution is 9.10. The molecule has 29 heavy (non-hydrogen) atoms. The molecule has 0 aliphatic carbocycles. The summed E-state index contributed by atoms with van der Waals surface area (Å²) in [5, 5.41) is 23.0. The van der Waals surface area contributed by atoms with Crippen LogP contribution in [0.5, 0.6) is 0 Å². The molecule has 0 radical (unpaired) electrons. The number of nitriles is 1. The van der Waals surface area contributed by atoms with Gasteiger partial charge in [-0.05, 0) is 36.4 Å². The zero-order valence-corrected chi connectivity index (χ0v) is 16.9. The summed E-state index contributed by atoms with van der Waals surface area (Å²) in [5.41, 5.74) is 0.109. The van der Waals surface area contributed by atoms with E-state index in [0.29, 0.717) is 11.5 Å². The lowest BCUT2D eigenvalue weighted by Crippen LogP contribution is -2.14. The lowest BCUT2D eigenvalue weighted by molar-refractivity contribution is -0.383. The molecule has 7 nitrogen and oxygen atoms in total. The number of halogens is 2. The van der Waals surface area contributed by atoms with Crippen LogP contribution in [0, 0.1) is 21.4 Å². The summed E-state index contributed by atoms with van der Waals surface area (Å²) >= 11 is 9.12. The standard InChI is InChI=1S/C20H11BrClN3O4/c21-14-3-1-12(2-4-14)19-8-6-16(29-19)9-13(11-23)20(26)24-17-7-5-15(22)10-18(17)25(27)28/h1-10H,(H,24,26). The summed E-state index contributed by atoms with van der Waals surface area (Å²) in [4.78, 5) is 22.9. The van der Waals surface area contributed by atoms with E-state index in [1.54, 1.807) is 18.2 Å². The third-order valence-corrected chi connectivity index (χ3v) is 4.58. The highest BCUT2D eigenvalue weighted by Crippen LogP contribution is 2.29. The zero-order chi connectivity index (χ0) is 21.0. The fourth-order valence-electron chi connectivity index (χ4n) is 2.44. The van der Waals surface area contributed by atoms with Gasteiger partial charge in [-0.2, -0.15) is 5.26 Å². The molecule has 0 aliphatic heterocycles. The van der Waals surface area contributed by atoms with E-state index in [9.17, 15) is 20.2 Å². The second kappa shape index (κ2) is 8.73. The van der Waals surface area contributed by atoms with Gasteiger partial charge in [0.15, 0.2) is 0 Å². The lowest BCUT2D eigenvalue weighted by atomic mass is 10.2. The first-order chi connectivity index (χ1) is 13.9. The second-order valence-corrected chi connectivity index (χ2v) is 7.10. The molecule has 3 aromatic rings. The largest absolute Gasteiger partial charge is 0.457 e. The van der Waals surface area contributed by atoms with Gasteiger partial charge in [0, 0.05) is 27.2 Å². The Kier molecular flexibility index (Phi) is 6.12. The van der Waals surface area contributed by atoms with Gasteiger partial charge in [0.25, 0.3) is 11.6 Å². The number of anilines is 1. The van der Waals surface area contributed by atoms with E-state index in [1.165, 1.54) is 18.2 Å². The van der Waals surface area contributed by atoms with Crippen molar-refractivity contribution in [1.82, 2.24) is 0 Å². The van der Waals surface area contributed by atoms with Gasteiger partial charge in [0.2, 0.25) is 0 Å². The van der Waals surface area contributed by atoms with E-state index in [2.05, 4.69) is 21.2 Å². The van der Waals surface area contributed by atoms with Crippen molar-refractivity contribution >= 4 is 50.9 Å². The fourth-order valence-corrected chi connectivity index (χ4v) is 2.87. The van der Waals surface area contributed by atoms with E-state index in [1.807, 2.05) is 24.3 Å². The molecule has 1 aromatic heterocycles. The summed E-state index contributed by atoms with van der Waals surface area (Å²) in [5.74, 6) is 0.0505. The number of nitrogens with zero attached hydrogens (tertiary/aromatic N) is 2. The minimum atomic E-state index is -0.806. The molecule has 9 heteroatoms. The molecule has 0 aliphatic rings. The minimum absolute atomic E-state index is 0.0689. The van der Waals surface area contributed by atoms with Crippen molar-refractivity contribution in [3.8, 4) is 17.4 Å². The van der Waals surface area contributed by atoms with Crippen molar-refractivity contribution in [2.24, 2.45) is 0 Å². The lowest BCUT2D eigenvalue weighted by Gasteiger charge is -2.05. The number of rotatable bonds is 5. The molecule has 3 rings (SSSR count). The number of nitro groups is 1. The number of hydrogen-bond donors (Lipinski definition) is 1. The Hall–Kier alpha value is -3.41. The van der Waals surface area contributed by atoms with Gasteiger partial charge in [0.1, 0.15) is 28.9 Å². The van der Waals surface area contributed by atoms with Gasteiger partial charge < -0.3 is 9.73 Å². The molecule has 0 saturated carbocycles. The molecular formula is C20H11BrClN3O4. The average Bonchev–Trinajstić information content (AvgIpc) is 3.16. The molecule has 144 valence electrons. The van der Waals surface area contributed by atoms with Crippen molar-refractivity contribution in [2.75, 3.05) is 5.32 Å². The van der Waals surface area contributed by atoms with Crippen LogP contribution in [0.2, 0.25) is 5.02 Å².